The summed E-state index contributed by atoms with van der Waals surface area (Å²) >= 11 is 0. The van der Waals surface area contributed by atoms with Gasteiger partial charge in [0.15, 0.2) is 0 Å². The van der Waals surface area contributed by atoms with E-state index in [4.69, 9.17) is 9.47 Å². The lowest BCUT2D eigenvalue weighted by Gasteiger charge is -2.47. The number of hydrogen-bond donors (Lipinski definition) is 1. The first-order chi connectivity index (χ1) is 9.69. The summed E-state index contributed by atoms with van der Waals surface area (Å²) in [5.41, 5.74) is 0.0825. The zero-order valence-electron chi connectivity index (χ0n) is 12.7. The van der Waals surface area contributed by atoms with Crippen LogP contribution in [0.1, 0.15) is 51.9 Å². The maximum atomic E-state index is 9.70. The van der Waals surface area contributed by atoms with E-state index < -0.39 is 0 Å². The van der Waals surface area contributed by atoms with E-state index in [9.17, 15) is 5.11 Å². The predicted octanol–water partition coefficient (Wildman–Crippen LogP) is 1.95. The molecule has 20 heavy (non-hydrogen) atoms. The van der Waals surface area contributed by atoms with Crippen molar-refractivity contribution in [3.8, 4) is 0 Å². The lowest BCUT2D eigenvalue weighted by molar-refractivity contribution is -0.152. The first kappa shape index (κ1) is 14.8. The van der Waals surface area contributed by atoms with Crippen LogP contribution in [0.4, 0.5) is 0 Å². The van der Waals surface area contributed by atoms with E-state index in [2.05, 4.69) is 4.90 Å². The SMILES string of the molecule is CC(O)CC1CCCN1C1CCOC2(CCOCC2)C1. The number of ether oxygens (including phenoxy) is 2. The second kappa shape index (κ2) is 6.30. The molecule has 4 nitrogen and oxygen atoms in total. The molecule has 0 aliphatic carbocycles. The smallest absolute Gasteiger partial charge is 0.0741 e. The van der Waals surface area contributed by atoms with Crippen LogP contribution < -0.4 is 0 Å². The molecule has 3 atom stereocenters. The van der Waals surface area contributed by atoms with Crippen LogP contribution in [-0.4, -0.2) is 60.2 Å². The molecule has 0 aromatic heterocycles. The summed E-state index contributed by atoms with van der Waals surface area (Å²) < 4.78 is 11.7. The molecular weight excluding hydrogens is 254 g/mol. The maximum absolute atomic E-state index is 9.70. The van der Waals surface area contributed by atoms with E-state index in [0.717, 1.165) is 51.9 Å². The summed E-state index contributed by atoms with van der Waals surface area (Å²) in [6.07, 6.45) is 7.69. The minimum atomic E-state index is -0.183. The Morgan fingerprint density at radius 1 is 1.25 bits per heavy atom. The molecule has 3 unspecified atom stereocenters. The Balaban J connectivity index is 1.63. The number of likely N-dealkylation sites (tertiary alicyclic amines) is 1. The van der Waals surface area contributed by atoms with Gasteiger partial charge in [-0.05, 0) is 58.4 Å². The topological polar surface area (TPSA) is 41.9 Å². The largest absolute Gasteiger partial charge is 0.393 e. The zero-order chi connectivity index (χ0) is 14.0. The van der Waals surface area contributed by atoms with Gasteiger partial charge in [0.1, 0.15) is 0 Å². The summed E-state index contributed by atoms with van der Waals surface area (Å²) in [6.45, 7) is 5.71. The normalized spacial score (nSPS) is 36.3. The van der Waals surface area contributed by atoms with Gasteiger partial charge in [-0.3, -0.25) is 4.90 Å². The Labute approximate surface area is 122 Å². The highest BCUT2D eigenvalue weighted by atomic mass is 16.5. The predicted molar refractivity (Wildman–Crippen MR) is 77.8 cm³/mol. The van der Waals surface area contributed by atoms with E-state index in [-0.39, 0.29) is 11.7 Å². The van der Waals surface area contributed by atoms with Crippen LogP contribution in [0.25, 0.3) is 0 Å². The third kappa shape index (κ3) is 3.19. The number of nitrogens with zero attached hydrogens (tertiary/aromatic N) is 1. The van der Waals surface area contributed by atoms with Crippen LogP contribution >= 0.6 is 0 Å². The van der Waals surface area contributed by atoms with Gasteiger partial charge in [0.25, 0.3) is 0 Å². The Morgan fingerprint density at radius 3 is 2.80 bits per heavy atom. The minimum absolute atomic E-state index is 0.0825. The van der Waals surface area contributed by atoms with Crippen molar-refractivity contribution in [1.29, 1.82) is 0 Å². The van der Waals surface area contributed by atoms with Gasteiger partial charge in [-0.1, -0.05) is 0 Å². The third-order valence-corrected chi connectivity index (χ3v) is 5.38. The Kier molecular flexibility index (Phi) is 4.65. The number of aliphatic hydroxyl groups excluding tert-OH is 1. The van der Waals surface area contributed by atoms with Crippen molar-refractivity contribution in [3.05, 3.63) is 0 Å². The fraction of sp³-hybridized carbons (Fsp3) is 1.00. The van der Waals surface area contributed by atoms with E-state index in [1.807, 2.05) is 6.92 Å². The van der Waals surface area contributed by atoms with Crippen molar-refractivity contribution in [3.63, 3.8) is 0 Å². The molecule has 3 aliphatic rings. The average Bonchev–Trinajstić information content (AvgIpc) is 2.87. The monoisotopic (exact) mass is 283 g/mol. The molecule has 0 radical (unpaired) electrons. The van der Waals surface area contributed by atoms with E-state index in [1.165, 1.54) is 19.4 Å². The molecule has 116 valence electrons. The fourth-order valence-corrected chi connectivity index (χ4v) is 4.36. The second-order valence-electron chi connectivity index (χ2n) is 6.91. The summed E-state index contributed by atoms with van der Waals surface area (Å²) in [6, 6.07) is 1.23. The highest BCUT2D eigenvalue weighted by molar-refractivity contribution is 4.95. The van der Waals surface area contributed by atoms with E-state index >= 15 is 0 Å². The number of rotatable bonds is 3. The van der Waals surface area contributed by atoms with Crippen LogP contribution in [0, 0.1) is 0 Å². The van der Waals surface area contributed by atoms with Crippen LogP contribution in [0.3, 0.4) is 0 Å². The molecule has 0 bridgehead atoms. The fourth-order valence-electron chi connectivity index (χ4n) is 4.36. The van der Waals surface area contributed by atoms with Crippen LogP contribution in [-0.2, 0) is 9.47 Å². The molecule has 3 heterocycles. The molecule has 3 saturated heterocycles. The Bertz CT molecular complexity index is 309. The molecule has 3 fully saturated rings. The third-order valence-electron chi connectivity index (χ3n) is 5.38. The van der Waals surface area contributed by atoms with Gasteiger partial charge in [-0.2, -0.15) is 0 Å². The molecule has 1 N–H and O–H groups in total. The molecule has 0 saturated carbocycles. The minimum Gasteiger partial charge on any atom is -0.393 e. The Morgan fingerprint density at radius 2 is 2.05 bits per heavy atom. The molecule has 0 amide bonds. The van der Waals surface area contributed by atoms with Crippen LogP contribution in [0.15, 0.2) is 0 Å². The first-order valence-corrected chi connectivity index (χ1v) is 8.34. The van der Waals surface area contributed by atoms with Gasteiger partial charge in [-0.15, -0.1) is 0 Å². The molecule has 0 aromatic rings. The molecule has 3 aliphatic heterocycles. The van der Waals surface area contributed by atoms with Crippen molar-refractivity contribution in [1.82, 2.24) is 4.90 Å². The van der Waals surface area contributed by atoms with E-state index in [0.29, 0.717) is 12.1 Å². The molecule has 3 rings (SSSR count). The first-order valence-electron chi connectivity index (χ1n) is 8.34. The van der Waals surface area contributed by atoms with Crippen molar-refractivity contribution in [2.45, 2.75) is 75.7 Å². The van der Waals surface area contributed by atoms with Crippen molar-refractivity contribution < 1.29 is 14.6 Å². The van der Waals surface area contributed by atoms with E-state index in [1.54, 1.807) is 0 Å². The summed E-state index contributed by atoms with van der Waals surface area (Å²) in [5, 5.41) is 9.70. The van der Waals surface area contributed by atoms with Gasteiger partial charge in [0.05, 0.1) is 11.7 Å². The standard InChI is InChI=1S/C16H29NO3/c1-13(18)11-14-3-2-7-17(14)15-4-8-20-16(12-15)5-9-19-10-6-16/h13-15,18H,2-12H2,1H3. The summed E-state index contributed by atoms with van der Waals surface area (Å²) in [4.78, 5) is 2.67. The van der Waals surface area contributed by atoms with Crippen LogP contribution in [0.5, 0.6) is 0 Å². The van der Waals surface area contributed by atoms with Gasteiger partial charge in [0, 0.05) is 31.9 Å². The van der Waals surface area contributed by atoms with Crippen molar-refractivity contribution >= 4 is 0 Å². The molecular formula is C16H29NO3. The van der Waals surface area contributed by atoms with Crippen molar-refractivity contribution in [2.75, 3.05) is 26.4 Å². The lowest BCUT2D eigenvalue weighted by Crippen LogP contribution is -2.52. The maximum Gasteiger partial charge on any atom is 0.0741 e. The summed E-state index contributed by atoms with van der Waals surface area (Å²) in [5.74, 6) is 0. The summed E-state index contributed by atoms with van der Waals surface area (Å²) in [7, 11) is 0. The second-order valence-corrected chi connectivity index (χ2v) is 6.91. The Hall–Kier alpha value is -0.160. The molecule has 0 aromatic carbocycles. The van der Waals surface area contributed by atoms with Crippen molar-refractivity contribution in [2.24, 2.45) is 0 Å². The highest BCUT2D eigenvalue weighted by Gasteiger charge is 2.42. The zero-order valence-corrected chi connectivity index (χ0v) is 12.7. The van der Waals surface area contributed by atoms with Crippen LogP contribution in [0.2, 0.25) is 0 Å². The molecule has 1 spiro atoms. The number of aliphatic hydroxyl groups is 1. The number of hydrogen-bond acceptors (Lipinski definition) is 4. The van der Waals surface area contributed by atoms with Gasteiger partial charge >= 0.3 is 0 Å². The lowest BCUT2D eigenvalue weighted by atomic mass is 9.83. The van der Waals surface area contributed by atoms with Gasteiger partial charge in [-0.25, -0.2) is 0 Å². The van der Waals surface area contributed by atoms with Gasteiger partial charge in [0.2, 0.25) is 0 Å². The highest BCUT2D eigenvalue weighted by Crippen LogP contribution is 2.38. The quantitative estimate of drug-likeness (QED) is 0.859. The molecule has 4 heteroatoms. The van der Waals surface area contributed by atoms with Gasteiger partial charge < -0.3 is 14.6 Å². The average molecular weight is 283 g/mol.